The summed E-state index contributed by atoms with van der Waals surface area (Å²) in [7, 11) is -3.30. The van der Waals surface area contributed by atoms with E-state index in [0.29, 0.717) is 11.3 Å². The normalized spacial score (nSPS) is 24.6. The quantitative estimate of drug-likeness (QED) is 0.912. The fourth-order valence-electron chi connectivity index (χ4n) is 2.83. The molecule has 2 unspecified atom stereocenters. The van der Waals surface area contributed by atoms with E-state index in [1.54, 1.807) is 12.1 Å². The first-order chi connectivity index (χ1) is 9.23. The molecule has 2 atom stereocenters. The lowest BCUT2D eigenvalue weighted by atomic mass is 9.87. The summed E-state index contributed by atoms with van der Waals surface area (Å²) in [5, 5.41) is -0.420. The minimum Gasteiger partial charge on any atom is -0.327 e. The molecule has 1 aromatic carbocycles. The van der Waals surface area contributed by atoms with Crippen LogP contribution in [0.3, 0.4) is 0 Å². The zero-order valence-corrected chi connectivity index (χ0v) is 13.4. The van der Waals surface area contributed by atoms with E-state index in [9.17, 15) is 8.42 Å². The highest BCUT2D eigenvalue weighted by Crippen LogP contribution is 2.29. The predicted octanol–water partition coefficient (Wildman–Crippen LogP) is 3.03. The lowest BCUT2D eigenvalue weighted by Gasteiger charge is -2.28. The van der Waals surface area contributed by atoms with Gasteiger partial charge >= 0.3 is 0 Å². The van der Waals surface area contributed by atoms with Crippen LogP contribution in [-0.4, -0.2) is 19.7 Å². The molecule has 0 bridgehead atoms. The molecular weight excluding hydrogens is 270 g/mol. The fraction of sp³-hybridized carbons (Fsp3) is 0.625. The van der Waals surface area contributed by atoms with Crippen molar-refractivity contribution in [1.29, 1.82) is 0 Å². The van der Waals surface area contributed by atoms with Gasteiger partial charge in [-0.3, -0.25) is 0 Å². The van der Waals surface area contributed by atoms with Gasteiger partial charge in [-0.2, -0.15) is 0 Å². The van der Waals surface area contributed by atoms with Crippen molar-refractivity contribution >= 4 is 9.84 Å². The van der Waals surface area contributed by atoms with E-state index in [2.05, 4.69) is 20.8 Å². The van der Waals surface area contributed by atoms with E-state index in [-0.39, 0.29) is 11.5 Å². The van der Waals surface area contributed by atoms with Crippen molar-refractivity contribution in [3.63, 3.8) is 0 Å². The molecule has 1 aliphatic rings. The van der Waals surface area contributed by atoms with Crippen molar-refractivity contribution in [2.45, 2.75) is 68.1 Å². The van der Waals surface area contributed by atoms with Gasteiger partial charge in [-0.1, -0.05) is 45.7 Å². The molecule has 1 fully saturated rings. The highest BCUT2D eigenvalue weighted by molar-refractivity contribution is 7.92. The van der Waals surface area contributed by atoms with Crippen LogP contribution < -0.4 is 5.73 Å². The van der Waals surface area contributed by atoms with Crippen LogP contribution in [0.4, 0.5) is 0 Å². The fourth-order valence-corrected chi connectivity index (χ4v) is 4.77. The topological polar surface area (TPSA) is 60.2 Å². The molecule has 2 rings (SSSR count). The number of benzene rings is 1. The van der Waals surface area contributed by atoms with Crippen LogP contribution in [0.2, 0.25) is 0 Å². The SMILES string of the molecule is CC(C)(C)c1ccc(S(=O)(=O)C2CCCCC2N)cc1. The Morgan fingerprint density at radius 3 is 2.10 bits per heavy atom. The summed E-state index contributed by atoms with van der Waals surface area (Å²) >= 11 is 0. The van der Waals surface area contributed by atoms with Gasteiger partial charge in [0.1, 0.15) is 0 Å². The van der Waals surface area contributed by atoms with Crippen molar-refractivity contribution in [3.05, 3.63) is 29.8 Å². The smallest absolute Gasteiger partial charge is 0.182 e. The third-order valence-electron chi connectivity index (χ3n) is 4.20. The largest absolute Gasteiger partial charge is 0.327 e. The van der Waals surface area contributed by atoms with Crippen molar-refractivity contribution in [3.8, 4) is 0 Å². The summed E-state index contributed by atoms with van der Waals surface area (Å²) in [6.45, 7) is 6.36. The molecule has 0 aromatic heterocycles. The number of sulfone groups is 1. The predicted molar refractivity (Wildman–Crippen MR) is 82.6 cm³/mol. The number of hydrogen-bond donors (Lipinski definition) is 1. The van der Waals surface area contributed by atoms with E-state index in [1.807, 2.05) is 12.1 Å². The maximum Gasteiger partial charge on any atom is 0.182 e. The van der Waals surface area contributed by atoms with Crippen LogP contribution in [0, 0.1) is 0 Å². The van der Waals surface area contributed by atoms with Gasteiger partial charge in [0.2, 0.25) is 0 Å². The molecule has 112 valence electrons. The van der Waals surface area contributed by atoms with Crippen LogP contribution in [0.25, 0.3) is 0 Å². The maximum atomic E-state index is 12.7. The second-order valence-electron chi connectivity index (χ2n) is 6.81. The number of hydrogen-bond acceptors (Lipinski definition) is 3. The molecule has 2 N–H and O–H groups in total. The van der Waals surface area contributed by atoms with Crippen molar-refractivity contribution in [2.75, 3.05) is 0 Å². The Labute approximate surface area is 122 Å². The Balaban J connectivity index is 2.30. The molecular formula is C16H25NO2S. The molecule has 4 heteroatoms. The van der Waals surface area contributed by atoms with E-state index < -0.39 is 15.1 Å². The first kappa shape index (κ1) is 15.5. The Morgan fingerprint density at radius 2 is 1.60 bits per heavy atom. The zero-order chi connectivity index (χ0) is 15.0. The molecule has 1 aromatic rings. The highest BCUT2D eigenvalue weighted by Gasteiger charge is 2.34. The highest BCUT2D eigenvalue weighted by atomic mass is 32.2. The van der Waals surface area contributed by atoms with Gasteiger partial charge in [0, 0.05) is 6.04 Å². The summed E-state index contributed by atoms with van der Waals surface area (Å²) < 4.78 is 25.4. The van der Waals surface area contributed by atoms with Gasteiger partial charge in [0.15, 0.2) is 9.84 Å². The average Bonchev–Trinajstić information content (AvgIpc) is 2.38. The summed E-state index contributed by atoms with van der Waals surface area (Å²) in [4.78, 5) is 0.410. The third kappa shape index (κ3) is 3.07. The molecule has 0 aliphatic heterocycles. The van der Waals surface area contributed by atoms with Crippen LogP contribution in [-0.2, 0) is 15.3 Å². The number of nitrogens with two attached hydrogens (primary N) is 1. The second-order valence-corrected chi connectivity index (χ2v) is 8.97. The summed E-state index contributed by atoms with van der Waals surface area (Å²) in [6.07, 6.45) is 3.49. The molecule has 0 saturated heterocycles. The van der Waals surface area contributed by atoms with Crippen molar-refractivity contribution in [2.24, 2.45) is 5.73 Å². The minimum atomic E-state index is -3.30. The van der Waals surface area contributed by atoms with Gasteiger partial charge in [0.25, 0.3) is 0 Å². The van der Waals surface area contributed by atoms with Gasteiger partial charge in [-0.25, -0.2) is 8.42 Å². The Morgan fingerprint density at radius 1 is 1.05 bits per heavy atom. The van der Waals surface area contributed by atoms with Crippen LogP contribution in [0.5, 0.6) is 0 Å². The minimum absolute atomic E-state index is 0.0313. The molecule has 0 heterocycles. The van der Waals surface area contributed by atoms with Gasteiger partial charge in [0.05, 0.1) is 10.1 Å². The second kappa shape index (κ2) is 5.49. The third-order valence-corrected chi connectivity index (χ3v) is 6.51. The maximum absolute atomic E-state index is 12.7. The van der Waals surface area contributed by atoms with E-state index in [1.165, 1.54) is 0 Å². The number of rotatable bonds is 2. The summed E-state index contributed by atoms with van der Waals surface area (Å²) in [5.41, 5.74) is 7.20. The summed E-state index contributed by atoms with van der Waals surface area (Å²) in [6, 6.07) is 7.08. The van der Waals surface area contributed by atoms with E-state index >= 15 is 0 Å². The lowest BCUT2D eigenvalue weighted by molar-refractivity contribution is 0.432. The Bertz CT molecular complexity index is 555. The molecule has 0 spiro atoms. The van der Waals surface area contributed by atoms with Crippen LogP contribution >= 0.6 is 0 Å². The summed E-state index contributed by atoms with van der Waals surface area (Å²) in [5.74, 6) is 0. The van der Waals surface area contributed by atoms with Crippen molar-refractivity contribution < 1.29 is 8.42 Å². The molecule has 3 nitrogen and oxygen atoms in total. The Hall–Kier alpha value is -0.870. The standard InChI is InChI=1S/C16H25NO2S/c1-16(2,3)12-8-10-13(11-9-12)20(18,19)15-7-5-4-6-14(15)17/h8-11,14-15H,4-7,17H2,1-3H3. The average molecular weight is 295 g/mol. The molecule has 20 heavy (non-hydrogen) atoms. The first-order valence-corrected chi connectivity index (χ1v) is 8.87. The molecule has 1 saturated carbocycles. The lowest BCUT2D eigenvalue weighted by Crippen LogP contribution is -2.42. The van der Waals surface area contributed by atoms with Crippen LogP contribution in [0.15, 0.2) is 29.2 Å². The van der Waals surface area contributed by atoms with Crippen molar-refractivity contribution in [1.82, 2.24) is 0 Å². The first-order valence-electron chi connectivity index (χ1n) is 7.33. The molecule has 0 amide bonds. The Kier molecular flexibility index (Phi) is 4.26. The van der Waals surface area contributed by atoms with E-state index in [4.69, 9.17) is 5.73 Å². The van der Waals surface area contributed by atoms with Gasteiger partial charge in [-0.05, 0) is 36.0 Å². The zero-order valence-electron chi connectivity index (χ0n) is 12.6. The van der Waals surface area contributed by atoms with Crippen LogP contribution in [0.1, 0.15) is 52.0 Å². The monoisotopic (exact) mass is 295 g/mol. The van der Waals surface area contributed by atoms with Gasteiger partial charge in [-0.15, -0.1) is 0 Å². The van der Waals surface area contributed by atoms with E-state index in [0.717, 1.165) is 24.8 Å². The molecule has 0 radical (unpaired) electrons. The molecule has 1 aliphatic carbocycles. The van der Waals surface area contributed by atoms with Gasteiger partial charge < -0.3 is 5.73 Å².